The maximum Gasteiger partial charge on any atom is 0.338 e. The third kappa shape index (κ3) is 19.0. The van der Waals surface area contributed by atoms with Gasteiger partial charge in [-0.05, 0) is 25.7 Å². The predicted octanol–water partition coefficient (Wildman–Crippen LogP) is 7.67. The van der Waals surface area contributed by atoms with Crippen molar-refractivity contribution in [3.05, 3.63) is 0 Å². The van der Waals surface area contributed by atoms with Crippen LogP contribution in [-0.4, -0.2) is 35.9 Å². The lowest BCUT2D eigenvalue weighted by molar-refractivity contribution is -0.173. The van der Waals surface area contributed by atoms with Gasteiger partial charge in [-0.3, -0.25) is 4.79 Å². The average molecular weight is 471 g/mol. The maximum atomic E-state index is 12.7. The number of ether oxygens (including phenoxy) is 2. The van der Waals surface area contributed by atoms with Gasteiger partial charge in [0.05, 0.1) is 19.6 Å². The molecule has 0 saturated carbocycles. The number of aliphatic hydroxyl groups is 1. The Morgan fingerprint density at radius 2 is 0.970 bits per heavy atom. The Hall–Kier alpha value is -1.10. The van der Waals surface area contributed by atoms with Crippen LogP contribution in [0.2, 0.25) is 0 Å². The minimum Gasteiger partial charge on any atom is -0.466 e. The first-order valence-corrected chi connectivity index (χ1v) is 14.0. The van der Waals surface area contributed by atoms with Crippen molar-refractivity contribution in [1.29, 1.82) is 0 Å². The van der Waals surface area contributed by atoms with Crippen LogP contribution in [0, 0.1) is 0 Å². The topological polar surface area (TPSA) is 72.8 Å². The smallest absolute Gasteiger partial charge is 0.338 e. The Morgan fingerprint density at radius 1 is 0.576 bits per heavy atom. The molecule has 0 radical (unpaired) electrons. The fourth-order valence-electron chi connectivity index (χ4n) is 4.00. The number of carbonyl (C=O) groups is 2. The second kappa shape index (κ2) is 22.7. The highest BCUT2D eigenvalue weighted by atomic mass is 16.6. The molecule has 196 valence electrons. The molecular weight excluding hydrogens is 416 g/mol. The van der Waals surface area contributed by atoms with E-state index in [1.807, 2.05) is 0 Å². The molecule has 0 aliphatic rings. The standard InChI is InChI=1S/C28H54O5/c1-4-7-10-13-16-19-22-28(31,27(30)33-24-21-18-15-12-9-6-3)25-26(29)32-23-20-17-14-11-8-5-2/h31H,4-25H2,1-3H3. The molecule has 1 unspecified atom stereocenters. The molecule has 0 aromatic carbocycles. The molecular formula is C28H54O5. The van der Waals surface area contributed by atoms with Crippen LogP contribution in [0.25, 0.3) is 0 Å². The fourth-order valence-corrected chi connectivity index (χ4v) is 4.00. The zero-order valence-corrected chi connectivity index (χ0v) is 22.1. The molecule has 0 aromatic heterocycles. The summed E-state index contributed by atoms with van der Waals surface area (Å²) < 4.78 is 10.7. The second-order valence-electron chi connectivity index (χ2n) is 9.62. The molecule has 0 spiro atoms. The van der Waals surface area contributed by atoms with Gasteiger partial charge in [0.25, 0.3) is 0 Å². The molecule has 0 saturated heterocycles. The van der Waals surface area contributed by atoms with Crippen molar-refractivity contribution in [3.63, 3.8) is 0 Å². The second-order valence-corrected chi connectivity index (χ2v) is 9.62. The van der Waals surface area contributed by atoms with Gasteiger partial charge in [-0.15, -0.1) is 0 Å². The maximum absolute atomic E-state index is 12.7. The Kier molecular flexibility index (Phi) is 21.9. The Bertz CT molecular complexity index is 465. The van der Waals surface area contributed by atoms with E-state index in [1.165, 1.54) is 51.4 Å². The van der Waals surface area contributed by atoms with Gasteiger partial charge < -0.3 is 14.6 Å². The first-order chi connectivity index (χ1) is 16.0. The minimum absolute atomic E-state index is 0.251. The summed E-state index contributed by atoms with van der Waals surface area (Å²) in [5.41, 5.74) is -1.77. The van der Waals surface area contributed by atoms with Gasteiger partial charge in [0, 0.05) is 0 Å². The van der Waals surface area contributed by atoms with E-state index in [0.717, 1.165) is 57.8 Å². The highest BCUT2D eigenvalue weighted by molar-refractivity contribution is 5.85. The van der Waals surface area contributed by atoms with E-state index >= 15 is 0 Å². The van der Waals surface area contributed by atoms with Gasteiger partial charge in [0.15, 0.2) is 5.60 Å². The van der Waals surface area contributed by atoms with E-state index in [9.17, 15) is 14.7 Å². The summed E-state index contributed by atoms with van der Waals surface area (Å²) in [6.45, 7) is 7.20. The normalized spacial score (nSPS) is 13.0. The van der Waals surface area contributed by atoms with E-state index in [1.54, 1.807) is 0 Å². The summed E-state index contributed by atoms with van der Waals surface area (Å²) >= 11 is 0. The quantitative estimate of drug-likeness (QED) is 0.116. The van der Waals surface area contributed by atoms with E-state index in [4.69, 9.17) is 9.47 Å². The van der Waals surface area contributed by atoms with Crippen molar-refractivity contribution in [2.24, 2.45) is 0 Å². The summed E-state index contributed by atoms with van der Waals surface area (Å²) in [5.74, 6) is -1.17. The molecule has 0 amide bonds. The van der Waals surface area contributed by atoms with Crippen molar-refractivity contribution in [1.82, 2.24) is 0 Å². The Morgan fingerprint density at radius 3 is 1.45 bits per heavy atom. The molecule has 0 fully saturated rings. The largest absolute Gasteiger partial charge is 0.466 e. The van der Waals surface area contributed by atoms with Gasteiger partial charge in [0.1, 0.15) is 0 Å². The van der Waals surface area contributed by atoms with E-state index in [0.29, 0.717) is 19.6 Å². The molecule has 0 aliphatic carbocycles. The van der Waals surface area contributed by atoms with Crippen molar-refractivity contribution < 1.29 is 24.2 Å². The first-order valence-electron chi connectivity index (χ1n) is 14.0. The number of rotatable bonds is 24. The van der Waals surface area contributed by atoms with Crippen LogP contribution >= 0.6 is 0 Å². The van der Waals surface area contributed by atoms with Gasteiger partial charge in [-0.2, -0.15) is 0 Å². The highest BCUT2D eigenvalue weighted by Crippen LogP contribution is 2.23. The molecule has 1 N–H and O–H groups in total. The van der Waals surface area contributed by atoms with Gasteiger partial charge in [-0.25, -0.2) is 4.79 Å². The molecule has 1 atom stereocenters. The molecule has 0 aliphatic heterocycles. The van der Waals surface area contributed by atoms with Crippen molar-refractivity contribution in [2.75, 3.05) is 13.2 Å². The van der Waals surface area contributed by atoms with Crippen LogP contribution in [0.5, 0.6) is 0 Å². The third-order valence-electron chi connectivity index (χ3n) is 6.25. The Balaban J connectivity index is 4.45. The molecule has 0 rings (SSSR count). The monoisotopic (exact) mass is 470 g/mol. The summed E-state index contributed by atoms with van der Waals surface area (Å²) in [6, 6.07) is 0. The van der Waals surface area contributed by atoms with Crippen molar-refractivity contribution in [2.45, 2.75) is 155 Å². The van der Waals surface area contributed by atoms with Gasteiger partial charge in [0.2, 0.25) is 0 Å². The van der Waals surface area contributed by atoms with Gasteiger partial charge >= 0.3 is 11.9 Å². The molecule has 5 nitrogen and oxygen atoms in total. The molecule has 0 heterocycles. The van der Waals surface area contributed by atoms with Crippen LogP contribution in [0.4, 0.5) is 0 Å². The fraction of sp³-hybridized carbons (Fsp3) is 0.929. The predicted molar refractivity (Wildman–Crippen MR) is 136 cm³/mol. The average Bonchev–Trinajstić information content (AvgIpc) is 2.80. The van der Waals surface area contributed by atoms with Crippen LogP contribution in [0.1, 0.15) is 149 Å². The number of carbonyl (C=O) groups excluding carboxylic acids is 2. The van der Waals surface area contributed by atoms with Crippen molar-refractivity contribution >= 4 is 11.9 Å². The lowest BCUT2D eigenvalue weighted by Gasteiger charge is -2.25. The summed E-state index contributed by atoms with van der Waals surface area (Å²) in [4.78, 5) is 25.1. The molecule has 0 bridgehead atoms. The number of unbranched alkanes of at least 4 members (excludes halogenated alkanes) is 15. The van der Waals surface area contributed by atoms with Crippen LogP contribution < -0.4 is 0 Å². The summed E-state index contributed by atoms with van der Waals surface area (Å²) in [7, 11) is 0. The lowest BCUT2D eigenvalue weighted by Crippen LogP contribution is -2.42. The zero-order chi connectivity index (χ0) is 24.6. The van der Waals surface area contributed by atoms with E-state index in [2.05, 4.69) is 20.8 Å². The van der Waals surface area contributed by atoms with E-state index in [-0.39, 0.29) is 12.8 Å². The Labute approximate surface area is 204 Å². The molecule has 0 aromatic rings. The lowest BCUT2D eigenvalue weighted by atomic mass is 9.92. The third-order valence-corrected chi connectivity index (χ3v) is 6.25. The molecule has 5 heteroatoms. The molecule has 33 heavy (non-hydrogen) atoms. The SMILES string of the molecule is CCCCCCCCOC(=O)CC(O)(CCCCCCCC)C(=O)OCCCCCCCC. The van der Waals surface area contributed by atoms with Crippen LogP contribution in [0.3, 0.4) is 0 Å². The highest BCUT2D eigenvalue weighted by Gasteiger charge is 2.40. The number of esters is 2. The number of hydrogen-bond acceptors (Lipinski definition) is 5. The van der Waals surface area contributed by atoms with Crippen LogP contribution in [-0.2, 0) is 19.1 Å². The minimum atomic E-state index is -1.77. The van der Waals surface area contributed by atoms with Gasteiger partial charge in [-0.1, -0.05) is 117 Å². The summed E-state index contributed by atoms with van der Waals surface area (Å²) in [6.07, 6.45) is 19.5. The first kappa shape index (κ1) is 31.9. The van der Waals surface area contributed by atoms with Crippen molar-refractivity contribution in [3.8, 4) is 0 Å². The van der Waals surface area contributed by atoms with Crippen LogP contribution in [0.15, 0.2) is 0 Å². The zero-order valence-electron chi connectivity index (χ0n) is 22.1. The van der Waals surface area contributed by atoms with E-state index < -0.39 is 17.5 Å². The number of hydrogen-bond donors (Lipinski definition) is 1. The summed E-state index contributed by atoms with van der Waals surface area (Å²) in [5, 5.41) is 11.1.